The highest BCUT2D eigenvalue weighted by atomic mass is 19.1. The Morgan fingerprint density at radius 2 is 1.74 bits per heavy atom. The maximum Gasteiger partial charge on any atom is 0.231 e. The molecule has 7 heteroatoms. The van der Waals surface area contributed by atoms with Crippen LogP contribution in [-0.4, -0.2) is 25.2 Å². The molecule has 27 heavy (non-hydrogen) atoms. The van der Waals surface area contributed by atoms with Crippen LogP contribution in [0.25, 0.3) is 0 Å². The molecular weight excluding hydrogens is 351 g/mol. The second-order valence-electron chi connectivity index (χ2n) is 6.67. The number of hydrogen-bond acceptors (Lipinski definition) is 4. The van der Waals surface area contributed by atoms with Crippen molar-refractivity contribution >= 4 is 17.5 Å². The van der Waals surface area contributed by atoms with Crippen LogP contribution in [0.4, 0.5) is 10.1 Å². The van der Waals surface area contributed by atoms with Crippen molar-refractivity contribution in [2.24, 2.45) is 11.8 Å². The zero-order valence-corrected chi connectivity index (χ0v) is 14.5. The van der Waals surface area contributed by atoms with Crippen molar-refractivity contribution in [3.05, 3.63) is 53.8 Å². The van der Waals surface area contributed by atoms with Gasteiger partial charge in [-0.3, -0.25) is 9.59 Å². The summed E-state index contributed by atoms with van der Waals surface area (Å²) >= 11 is 0. The van der Waals surface area contributed by atoms with Gasteiger partial charge in [-0.2, -0.15) is 0 Å². The van der Waals surface area contributed by atoms with E-state index < -0.39 is 0 Å². The zero-order valence-electron chi connectivity index (χ0n) is 14.5. The summed E-state index contributed by atoms with van der Waals surface area (Å²) in [6.45, 7) is 0.632. The monoisotopic (exact) mass is 370 g/mol. The van der Waals surface area contributed by atoms with E-state index >= 15 is 0 Å². The Balaban J connectivity index is 1.23. The van der Waals surface area contributed by atoms with Gasteiger partial charge in [0.1, 0.15) is 5.82 Å². The summed E-state index contributed by atoms with van der Waals surface area (Å²) in [5.41, 5.74) is 1.57. The fraction of sp³-hybridized carbons (Fsp3) is 0.300. The number of rotatable bonds is 6. The van der Waals surface area contributed by atoms with Crippen molar-refractivity contribution in [2.75, 3.05) is 18.7 Å². The van der Waals surface area contributed by atoms with Gasteiger partial charge >= 0.3 is 0 Å². The van der Waals surface area contributed by atoms with Gasteiger partial charge in [-0.1, -0.05) is 12.1 Å². The first-order valence-electron chi connectivity index (χ1n) is 8.83. The zero-order chi connectivity index (χ0) is 18.8. The number of carbonyl (C=O) groups excluding carboxylic acids is 2. The molecule has 2 aromatic carbocycles. The minimum Gasteiger partial charge on any atom is -0.454 e. The van der Waals surface area contributed by atoms with Crippen molar-refractivity contribution in [1.29, 1.82) is 0 Å². The van der Waals surface area contributed by atoms with Crippen LogP contribution in [0.2, 0.25) is 0 Å². The molecule has 1 fully saturated rings. The largest absolute Gasteiger partial charge is 0.454 e. The first kappa shape index (κ1) is 17.3. The molecule has 1 aliphatic carbocycles. The Hall–Kier alpha value is -3.09. The Kier molecular flexibility index (Phi) is 4.66. The molecule has 0 spiro atoms. The second-order valence-corrected chi connectivity index (χ2v) is 6.67. The van der Waals surface area contributed by atoms with E-state index in [0.29, 0.717) is 36.6 Å². The van der Waals surface area contributed by atoms with Gasteiger partial charge in [0.05, 0.1) is 11.8 Å². The molecule has 2 N–H and O–H groups in total. The van der Waals surface area contributed by atoms with Gasteiger partial charge in [0.25, 0.3) is 0 Å². The van der Waals surface area contributed by atoms with E-state index in [1.807, 2.05) is 0 Å². The summed E-state index contributed by atoms with van der Waals surface area (Å²) in [7, 11) is 0. The lowest BCUT2D eigenvalue weighted by Gasteiger charge is -2.07. The SMILES string of the molecule is O=C(NCCc1ccc(F)cc1)C1CC1C(=O)Nc1ccc2c(c1)OCO2. The van der Waals surface area contributed by atoms with E-state index in [2.05, 4.69) is 10.6 Å². The number of benzene rings is 2. The molecule has 4 rings (SSSR count). The summed E-state index contributed by atoms with van der Waals surface area (Å²) in [4.78, 5) is 24.5. The van der Waals surface area contributed by atoms with Crippen molar-refractivity contribution in [3.8, 4) is 11.5 Å². The predicted octanol–water partition coefficient (Wildman–Crippen LogP) is 2.49. The molecule has 1 heterocycles. The van der Waals surface area contributed by atoms with Crippen LogP contribution in [-0.2, 0) is 16.0 Å². The van der Waals surface area contributed by atoms with Crippen LogP contribution >= 0.6 is 0 Å². The van der Waals surface area contributed by atoms with Gasteiger partial charge in [0.2, 0.25) is 18.6 Å². The summed E-state index contributed by atoms with van der Waals surface area (Å²) < 4.78 is 23.4. The highest BCUT2D eigenvalue weighted by molar-refractivity contribution is 5.99. The Morgan fingerprint density at radius 3 is 2.56 bits per heavy atom. The molecular formula is C20H19FN2O4. The summed E-state index contributed by atoms with van der Waals surface area (Å²) in [6, 6.07) is 11.4. The van der Waals surface area contributed by atoms with Gasteiger partial charge in [-0.05, 0) is 42.7 Å². The summed E-state index contributed by atoms with van der Waals surface area (Å²) in [5, 5.41) is 5.66. The molecule has 1 aliphatic heterocycles. The van der Waals surface area contributed by atoms with Crippen molar-refractivity contribution < 1.29 is 23.5 Å². The summed E-state index contributed by atoms with van der Waals surface area (Å²) in [6.07, 6.45) is 1.16. The van der Waals surface area contributed by atoms with E-state index in [4.69, 9.17) is 9.47 Å². The van der Waals surface area contributed by atoms with Gasteiger partial charge < -0.3 is 20.1 Å². The van der Waals surface area contributed by atoms with Crippen LogP contribution in [0.15, 0.2) is 42.5 Å². The number of anilines is 1. The highest BCUT2D eigenvalue weighted by Gasteiger charge is 2.47. The first-order chi connectivity index (χ1) is 13.1. The number of nitrogens with one attached hydrogen (secondary N) is 2. The van der Waals surface area contributed by atoms with Crippen molar-refractivity contribution in [3.63, 3.8) is 0 Å². The molecule has 0 saturated heterocycles. The minimum atomic E-state index is -0.318. The number of halogens is 1. The van der Waals surface area contributed by atoms with E-state index in [1.54, 1.807) is 30.3 Å². The number of fused-ring (bicyclic) bond motifs is 1. The van der Waals surface area contributed by atoms with E-state index in [9.17, 15) is 14.0 Å². The number of carbonyl (C=O) groups is 2. The Labute approximate surface area is 155 Å². The van der Waals surface area contributed by atoms with Crippen LogP contribution in [0.5, 0.6) is 11.5 Å². The molecule has 2 amide bonds. The molecule has 140 valence electrons. The van der Waals surface area contributed by atoms with Gasteiger partial charge in [-0.15, -0.1) is 0 Å². The lowest BCUT2D eigenvalue weighted by molar-refractivity contribution is -0.125. The quantitative estimate of drug-likeness (QED) is 0.819. The van der Waals surface area contributed by atoms with E-state index in [0.717, 1.165) is 5.56 Å². The van der Waals surface area contributed by atoms with Crippen molar-refractivity contribution in [2.45, 2.75) is 12.8 Å². The van der Waals surface area contributed by atoms with E-state index in [-0.39, 0.29) is 36.3 Å². The molecule has 0 radical (unpaired) electrons. The van der Waals surface area contributed by atoms with Crippen molar-refractivity contribution in [1.82, 2.24) is 5.32 Å². The topological polar surface area (TPSA) is 76.7 Å². The third-order valence-corrected chi connectivity index (χ3v) is 4.73. The van der Waals surface area contributed by atoms with Crippen LogP contribution < -0.4 is 20.1 Å². The van der Waals surface area contributed by atoms with E-state index in [1.165, 1.54) is 12.1 Å². The molecule has 6 nitrogen and oxygen atoms in total. The Bertz CT molecular complexity index is 869. The van der Waals surface area contributed by atoms with Crippen LogP contribution in [0, 0.1) is 17.7 Å². The third kappa shape index (κ3) is 4.02. The lowest BCUT2D eigenvalue weighted by atomic mass is 10.1. The number of hydrogen-bond donors (Lipinski definition) is 2. The highest BCUT2D eigenvalue weighted by Crippen LogP contribution is 2.40. The Morgan fingerprint density at radius 1 is 1.00 bits per heavy atom. The van der Waals surface area contributed by atoms with Gasteiger partial charge in [-0.25, -0.2) is 4.39 Å². The summed E-state index contributed by atoms with van der Waals surface area (Å²) in [5.74, 6) is 0.0533. The second kappa shape index (κ2) is 7.26. The smallest absolute Gasteiger partial charge is 0.231 e. The average molecular weight is 370 g/mol. The molecule has 2 unspecified atom stereocenters. The van der Waals surface area contributed by atoms with Gasteiger partial charge in [0, 0.05) is 18.3 Å². The molecule has 1 saturated carbocycles. The maximum absolute atomic E-state index is 12.9. The van der Waals surface area contributed by atoms with Crippen LogP contribution in [0.1, 0.15) is 12.0 Å². The normalized spacial score (nSPS) is 19.4. The maximum atomic E-state index is 12.9. The van der Waals surface area contributed by atoms with Gasteiger partial charge in [0.15, 0.2) is 11.5 Å². The molecule has 2 atom stereocenters. The molecule has 0 aromatic heterocycles. The average Bonchev–Trinajstić information content (AvgIpc) is 3.34. The molecule has 2 aliphatic rings. The minimum absolute atomic E-state index is 0.122. The predicted molar refractivity (Wildman–Crippen MR) is 95.9 cm³/mol. The lowest BCUT2D eigenvalue weighted by Crippen LogP contribution is -2.29. The number of amides is 2. The third-order valence-electron chi connectivity index (χ3n) is 4.73. The standard InChI is InChI=1S/C20H19FN2O4/c21-13-3-1-12(2-4-13)7-8-22-19(24)15-10-16(15)20(25)23-14-5-6-17-18(9-14)27-11-26-17/h1-6,9,15-16H,7-8,10-11H2,(H,22,24)(H,23,25). The van der Waals surface area contributed by atoms with Crippen LogP contribution in [0.3, 0.4) is 0 Å². The fourth-order valence-electron chi connectivity index (χ4n) is 3.10. The molecule has 0 bridgehead atoms. The molecule has 2 aromatic rings. The first-order valence-corrected chi connectivity index (χ1v) is 8.83. The number of ether oxygens (including phenoxy) is 2. The fourth-order valence-corrected chi connectivity index (χ4v) is 3.10.